The van der Waals surface area contributed by atoms with Crippen LogP contribution in [0.1, 0.15) is 26.5 Å². The molecule has 0 aliphatic rings. The number of nitrogens with zero attached hydrogens (tertiary/aromatic N) is 2. The van der Waals surface area contributed by atoms with Crippen molar-refractivity contribution < 1.29 is 4.79 Å². The molecule has 2 aromatic heterocycles. The first-order valence-corrected chi connectivity index (χ1v) is 8.50. The summed E-state index contributed by atoms with van der Waals surface area (Å²) in [6.45, 7) is 3.45. The Bertz CT molecular complexity index is 789. The van der Waals surface area contributed by atoms with Gasteiger partial charge in [-0.3, -0.25) is 4.79 Å². The second-order valence-electron chi connectivity index (χ2n) is 5.69. The minimum absolute atomic E-state index is 0.0544. The van der Waals surface area contributed by atoms with E-state index >= 15 is 0 Å². The summed E-state index contributed by atoms with van der Waals surface area (Å²) in [5, 5.41) is 2.07. The second kappa shape index (κ2) is 6.84. The van der Waals surface area contributed by atoms with E-state index in [1.807, 2.05) is 48.1 Å². The molecule has 0 bridgehead atoms. The SMILES string of the molecule is Cc1ccsc1CN(C)C(=O)c1cccn1Cc1ccccc1. The van der Waals surface area contributed by atoms with Crippen molar-refractivity contribution in [1.29, 1.82) is 0 Å². The van der Waals surface area contributed by atoms with Crippen molar-refractivity contribution in [2.75, 3.05) is 7.05 Å². The topological polar surface area (TPSA) is 25.2 Å². The van der Waals surface area contributed by atoms with Gasteiger partial charge in [-0.2, -0.15) is 0 Å². The maximum absolute atomic E-state index is 12.8. The number of aromatic nitrogens is 1. The summed E-state index contributed by atoms with van der Waals surface area (Å²) in [7, 11) is 1.86. The van der Waals surface area contributed by atoms with Gasteiger partial charge in [-0.15, -0.1) is 11.3 Å². The molecule has 4 heteroatoms. The number of rotatable bonds is 5. The highest BCUT2D eigenvalue weighted by molar-refractivity contribution is 7.10. The van der Waals surface area contributed by atoms with Crippen molar-refractivity contribution in [1.82, 2.24) is 9.47 Å². The van der Waals surface area contributed by atoms with Gasteiger partial charge >= 0.3 is 0 Å². The van der Waals surface area contributed by atoms with Gasteiger partial charge in [0.25, 0.3) is 5.91 Å². The zero-order valence-corrected chi connectivity index (χ0v) is 14.2. The molecule has 0 saturated heterocycles. The number of carbonyl (C=O) groups is 1. The Kier molecular flexibility index (Phi) is 4.63. The smallest absolute Gasteiger partial charge is 0.270 e. The number of carbonyl (C=O) groups excluding carboxylic acids is 1. The van der Waals surface area contributed by atoms with E-state index in [2.05, 4.69) is 30.5 Å². The third-order valence-electron chi connectivity index (χ3n) is 3.94. The van der Waals surface area contributed by atoms with Crippen molar-refractivity contribution in [2.45, 2.75) is 20.0 Å². The Balaban J connectivity index is 1.75. The highest BCUT2D eigenvalue weighted by Gasteiger charge is 2.17. The molecule has 0 aliphatic heterocycles. The Morgan fingerprint density at radius 1 is 1.13 bits per heavy atom. The molecule has 3 nitrogen and oxygen atoms in total. The van der Waals surface area contributed by atoms with Gasteiger partial charge in [0, 0.05) is 24.7 Å². The molecule has 118 valence electrons. The third kappa shape index (κ3) is 3.54. The highest BCUT2D eigenvalue weighted by atomic mass is 32.1. The predicted molar refractivity (Wildman–Crippen MR) is 94.8 cm³/mol. The average molecular weight is 324 g/mol. The highest BCUT2D eigenvalue weighted by Crippen LogP contribution is 2.18. The molecule has 1 aromatic carbocycles. The summed E-state index contributed by atoms with van der Waals surface area (Å²) in [4.78, 5) is 15.8. The summed E-state index contributed by atoms with van der Waals surface area (Å²) in [6.07, 6.45) is 1.96. The lowest BCUT2D eigenvalue weighted by atomic mass is 10.2. The molecule has 3 rings (SSSR count). The van der Waals surface area contributed by atoms with E-state index in [-0.39, 0.29) is 5.91 Å². The Hall–Kier alpha value is -2.33. The van der Waals surface area contributed by atoms with Crippen LogP contribution >= 0.6 is 11.3 Å². The molecule has 0 unspecified atom stereocenters. The summed E-state index contributed by atoms with van der Waals surface area (Å²) < 4.78 is 2.01. The molecule has 0 saturated carbocycles. The number of amides is 1. The molecule has 0 spiro atoms. The van der Waals surface area contributed by atoms with Crippen molar-refractivity contribution in [2.24, 2.45) is 0 Å². The van der Waals surface area contributed by atoms with Crippen molar-refractivity contribution >= 4 is 17.2 Å². The molecule has 0 aliphatic carbocycles. The summed E-state index contributed by atoms with van der Waals surface area (Å²) >= 11 is 1.70. The lowest BCUT2D eigenvalue weighted by molar-refractivity contribution is 0.0776. The van der Waals surface area contributed by atoms with E-state index in [0.717, 1.165) is 5.69 Å². The fraction of sp³-hybridized carbons (Fsp3) is 0.211. The van der Waals surface area contributed by atoms with Gasteiger partial charge in [-0.05, 0) is 41.6 Å². The van der Waals surface area contributed by atoms with Crippen LogP contribution in [0.25, 0.3) is 0 Å². The number of aryl methyl sites for hydroxylation is 1. The lowest BCUT2D eigenvalue weighted by Gasteiger charge is -2.18. The maximum atomic E-state index is 12.8. The number of thiophene rings is 1. The second-order valence-corrected chi connectivity index (χ2v) is 6.70. The summed E-state index contributed by atoms with van der Waals surface area (Å²) in [5.41, 5.74) is 3.16. The normalized spacial score (nSPS) is 10.7. The van der Waals surface area contributed by atoms with Gasteiger partial charge in [0.05, 0.1) is 6.54 Å². The monoisotopic (exact) mass is 324 g/mol. The van der Waals surface area contributed by atoms with E-state index in [1.165, 1.54) is 16.0 Å². The van der Waals surface area contributed by atoms with Crippen molar-refractivity contribution in [3.05, 3.63) is 81.8 Å². The van der Waals surface area contributed by atoms with Gasteiger partial charge < -0.3 is 9.47 Å². The first-order chi connectivity index (χ1) is 11.1. The molecule has 0 atom stereocenters. The molecule has 2 heterocycles. The number of hydrogen-bond acceptors (Lipinski definition) is 2. The largest absolute Gasteiger partial charge is 0.339 e. The lowest BCUT2D eigenvalue weighted by Crippen LogP contribution is -2.28. The molecule has 23 heavy (non-hydrogen) atoms. The molecule has 0 fully saturated rings. The van der Waals surface area contributed by atoms with Crippen LogP contribution in [-0.2, 0) is 13.1 Å². The molecular weight excluding hydrogens is 304 g/mol. The Morgan fingerprint density at radius 2 is 1.91 bits per heavy atom. The van der Waals surface area contributed by atoms with Crippen molar-refractivity contribution in [3.8, 4) is 0 Å². The van der Waals surface area contributed by atoms with Gasteiger partial charge in [0.2, 0.25) is 0 Å². The van der Waals surface area contributed by atoms with Crippen LogP contribution in [0.3, 0.4) is 0 Å². The van der Waals surface area contributed by atoms with Crippen molar-refractivity contribution in [3.63, 3.8) is 0 Å². The third-order valence-corrected chi connectivity index (χ3v) is 4.95. The molecule has 3 aromatic rings. The quantitative estimate of drug-likeness (QED) is 0.691. The van der Waals surface area contributed by atoms with E-state index in [0.29, 0.717) is 13.1 Å². The van der Waals surface area contributed by atoms with E-state index in [9.17, 15) is 4.79 Å². The molecule has 0 N–H and O–H groups in total. The standard InChI is InChI=1S/C19H20N2OS/c1-15-10-12-23-18(15)14-20(2)19(22)17-9-6-11-21(17)13-16-7-4-3-5-8-16/h3-12H,13-14H2,1-2H3. The van der Waals surface area contributed by atoms with Crippen LogP contribution in [0, 0.1) is 6.92 Å². The minimum Gasteiger partial charge on any atom is -0.339 e. The van der Waals surface area contributed by atoms with Gasteiger partial charge in [0.15, 0.2) is 0 Å². The number of benzene rings is 1. The first-order valence-electron chi connectivity index (χ1n) is 7.62. The van der Waals surface area contributed by atoms with Gasteiger partial charge in [-0.25, -0.2) is 0 Å². The Morgan fingerprint density at radius 3 is 2.61 bits per heavy atom. The minimum atomic E-state index is 0.0544. The first kappa shape index (κ1) is 15.6. The predicted octanol–water partition coefficient (Wildman–Crippen LogP) is 4.18. The van der Waals surface area contributed by atoms with Crippen LogP contribution in [0.2, 0.25) is 0 Å². The molecule has 0 radical (unpaired) electrons. The van der Waals surface area contributed by atoms with E-state index < -0.39 is 0 Å². The number of hydrogen-bond donors (Lipinski definition) is 0. The zero-order valence-electron chi connectivity index (χ0n) is 13.4. The zero-order chi connectivity index (χ0) is 16.2. The average Bonchev–Trinajstić information content (AvgIpc) is 3.17. The van der Waals surface area contributed by atoms with Crippen LogP contribution in [0.15, 0.2) is 60.1 Å². The molecule has 1 amide bonds. The maximum Gasteiger partial charge on any atom is 0.270 e. The fourth-order valence-corrected chi connectivity index (χ4v) is 3.53. The Labute approximate surface area is 140 Å². The summed E-state index contributed by atoms with van der Waals surface area (Å²) in [6, 6.07) is 16.1. The van der Waals surface area contributed by atoms with E-state index in [1.54, 1.807) is 16.2 Å². The van der Waals surface area contributed by atoms with Crippen LogP contribution < -0.4 is 0 Å². The van der Waals surface area contributed by atoms with Gasteiger partial charge in [-0.1, -0.05) is 30.3 Å². The molecular formula is C19H20N2OS. The summed E-state index contributed by atoms with van der Waals surface area (Å²) in [5.74, 6) is 0.0544. The van der Waals surface area contributed by atoms with Crippen LogP contribution in [0.5, 0.6) is 0 Å². The van der Waals surface area contributed by atoms with E-state index in [4.69, 9.17) is 0 Å². The van der Waals surface area contributed by atoms with Gasteiger partial charge in [0.1, 0.15) is 5.69 Å². The van der Waals surface area contributed by atoms with Crippen LogP contribution in [0.4, 0.5) is 0 Å². The fourth-order valence-electron chi connectivity index (χ4n) is 2.58. The van der Waals surface area contributed by atoms with Crippen LogP contribution in [-0.4, -0.2) is 22.4 Å².